The number of nitrogens with zero attached hydrogens (tertiary/aromatic N) is 1. The van der Waals surface area contributed by atoms with Crippen molar-refractivity contribution in [2.45, 2.75) is 37.5 Å². The van der Waals surface area contributed by atoms with Crippen LogP contribution in [0.2, 0.25) is 0 Å². The second-order valence-electron chi connectivity index (χ2n) is 6.79. The van der Waals surface area contributed by atoms with Gasteiger partial charge in [0.25, 0.3) is 11.5 Å². The van der Waals surface area contributed by atoms with E-state index < -0.39 is 54.5 Å². The number of anilines is 2. The zero-order chi connectivity index (χ0) is 26.1. The molecule has 7 N–H and O–H groups in total. The van der Waals surface area contributed by atoms with Crippen LogP contribution in [0.25, 0.3) is 0 Å². The number of aromatic nitrogens is 2. The van der Waals surface area contributed by atoms with Crippen molar-refractivity contribution in [3.63, 3.8) is 0 Å². The third-order valence-electron chi connectivity index (χ3n) is 4.58. The van der Waals surface area contributed by atoms with Crippen molar-refractivity contribution in [2.75, 3.05) is 17.6 Å². The lowest BCUT2D eigenvalue weighted by Gasteiger charge is -2.14. The van der Waals surface area contributed by atoms with E-state index in [1.165, 1.54) is 24.3 Å². The van der Waals surface area contributed by atoms with Crippen LogP contribution in [-0.2, 0) is 16.0 Å². The Morgan fingerprint density at radius 2 is 2.00 bits per heavy atom. The van der Waals surface area contributed by atoms with Gasteiger partial charge in [-0.3, -0.25) is 19.4 Å². The zero-order valence-corrected chi connectivity index (χ0v) is 16.1. The highest BCUT2D eigenvalue weighted by Gasteiger charge is 2.27. The maximum Gasteiger partial charge on any atom is 0.326 e. The number of H-pyrrole nitrogens is 1. The molecule has 11 nitrogen and oxygen atoms in total. The van der Waals surface area contributed by atoms with Crippen molar-refractivity contribution in [1.29, 1.82) is 0 Å². The van der Waals surface area contributed by atoms with Crippen LogP contribution in [0.15, 0.2) is 29.1 Å². The van der Waals surface area contributed by atoms with E-state index in [9.17, 15) is 24.3 Å². The number of hydrogen-bond acceptors (Lipinski definition) is 7. The maximum absolute atomic E-state index is 12.4. The van der Waals surface area contributed by atoms with Crippen molar-refractivity contribution in [3.05, 3.63) is 51.3 Å². The molecule has 1 aliphatic rings. The first-order valence-electron chi connectivity index (χ1n) is 11.2. The Morgan fingerprint density at radius 1 is 1.29 bits per heavy atom. The van der Waals surface area contributed by atoms with Crippen molar-refractivity contribution in [2.24, 2.45) is 0 Å². The largest absolute Gasteiger partial charge is 0.481 e. The van der Waals surface area contributed by atoms with E-state index in [-0.39, 0.29) is 41.4 Å². The third kappa shape index (κ3) is 5.38. The number of hydrogen-bond donors (Lipinski definition) is 6. The zero-order valence-electron chi connectivity index (χ0n) is 20.1. The summed E-state index contributed by atoms with van der Waals surface area (Å²) in [5.74, 6) is -4.71. The fourth-order valence-electron chi connectivity index (χ4n) is 3.02. The highest BCUT2D eigenvalue weighted by Crippen LogP contribution is 2.30. The first kappa shape index (κ1) is 16.9. The molecule has 0 fully saturated rings. The van der Waals surface area contributed by atoms with Crippen LogP contribution in [-0.4, -0.2) is 50.6 Å². The summed E-state index contributed by atoms with van der Waals surface area (Å²) in [6, 6.07) is 3.34. The van der Waals surface area contributed by atoms with Crippen molar-refractivity contribution in [3.8, 4) is 0 Å². The Balaban J connectivity index is 1.82. The van der Waals surface area contributed by atoms with Gasteiger partial charge in [0.2, 0.25) is 5.95 Å². The molecule has 2 aromatic rings. The molecule has 0 aliphatic carbocycles. The Kier molecular flexibility index (Phi) is 5.05. The molecule has 0 bridgehead atoms. The molecule has 1 amide bonds. The number of carbonyl (C=O) groups is 3. The summed E-state index contributed by atoms with van der Waals surface area (Å²) in [4.78, 5) is 53.0. The lowest BCUT2D eigenvalue weighted by Crippen LogP contribution is -2.41. The van der Waals surface area contributed by atoms with Crippen LogP contribution in [0, 0.1) is 0 Å². The second kappa shape index (κ2) is 9.28. The van der Waals surface area contributed by atoms with Gasteiger partial charge in [-0.05, 0) is 36.9 Å². The van der Waals surface area contributed by atoms with Crippen LogP contribution in [0.4, 0.5) is 11.8 Å². The van der Waals surface area contributed by atoms with E-state index in [4.69, 9.17) is 16.3 Å². The van der Waals surface area contributed by atoms with E-state index in [1.807, 2.05) is 0 Å². The van der Waals surface area contributed by atoms with Crippen LogP contribution in [0.5, 0.6) is 0 Å². The Labute approximate surface area is 182 Å². The van der Waals surface area contributed by atoms with E-state index in [0.717, 1.165) is 0 Å². The quantitative estimate of drug-likeness (QED) is 0.328. The maximum atomic E-state index is 12.4. The number of aliphatic carboxylic acids is 2. The van der Waals surface area contributed by atoms with Gasteiger partial charge in [0, 0.05) is 29.9 Å². The number of nitrogens with one attached hydrogen (secondary N) is 3. The molecule has 2 heterocycles. The normalized spacial score (nSPS) is 18.4. The molecule has 0 saturated heterocycles. The first-order chi connectivity index (χ1) is 16.3. The van der Waals surface area contributed by atoms with Gasteiger partial charge in [-0.2, -0.15) is 4.98 Å². The minimum atomic E-state index is -2.62. The van der Waals surface area contributed by atoms with Gasteiger partial charge in [0.15, 0.2) is 0 Å². The number of aromatic amines is 1. The molecular formula is C20H23N5O6. The number of fused-ring (bicyclic) bond motifs is 1. The molecule has 31 heavy (non-hydrogen) atoms. The molecule has 1 aromatic carbocycles. The van der Waals surface area contributed by atoms with Gasteiger partial charge in [0.1, 0.15) is 11.9 Å². The first-order valence-corrected chi connectivity index (χ1v) is 9.25. The lowest BCUT2D eigenvalue weighted by atomic mass is 9.95. The SMILES string of the molecule is [2H]C([2H])(c1ccc(C(=O)N[C@@H](CCC(=O)O)C(=O)O)cc1)C([2H])([2H])C1CNc2nc(N)[nH]c(=O)c21. The molecule has 11 heteroatoms. The van der Waals surface area contributed by atoms with Crippen molar-refractivity contribution >= 4 is 29.6 Å². The van der Waals surface area contributed by atoms with Crippen LogP contribution >= 0.6 is 0 Å². The molecule has 1 unspecified atom stereocenters. The van der Waals surface area contributed by atoms with Gasteiger partial charge < -0.3 is 26.6 Å². The second-order valence-corrected chi connectivity index (χ2v) is 6.79. The molecule has 0 radical (unpaired) electrons. The minimum absolute atomic E-state index is 0.0318. The highest BCUT2D eigenvalue weighted by molar-refractivity contribution is 5.96. The Hall–Kier alpha value is -3.89. The fraction of sp³-hybridized carbons (Fsp3) is 0.350. The average Bonchev–Trinajstić information content (AvgIpc) is 3.21. The number of aryl methyl sites for hydroxylation is 1. The summed E-state index contributed by atoms with van der Waals surface area (Å²) in [6.07, 6.45) is -6.00. The highest BCUT2D eigenvalue weighted by atomic mass is 16.4. The van der Waals surface area contributed by atoms with Crippen molar-refractivity contribution in [1.82, 2.24) is 15.3 Å². The molecule has 2 atom stereocenters. The fourth-order valence-corrected chi connectivity index (χ4v) is 3.02. The number of amides is 1. The average molecular weight is 433 g/mol. The number of nitrogen functional groups attached to an aromatic ring is 1. The molecule has 1 aliphatic heterocycles. The number of rotatable bonds is 9. The van der Waals surface area contributed by atoms with Gasteiger partial charge in [0.05, 0.1) is 5.56 Å². The smallest absolute Gasteiger partial charge is 0.326 e. The number of carbonyl (C=O) groups excluding carboxylic acids is 1. The third-order valence-corrected chi connectivity index (χ3v) is 4.58. The summed E-state index contributed by atoms with van der Waals surface area (Å²) in [6.45, 7) is -0.0885. The number of carboxylic acid groups (broad SMARTS) is 2. The van der Waals surface area contributed by atoms with E-state index >= 15 is 0 Å². The monoisotopic (exact) mass is 433 g/mol. The van der Waals surface area contributed by atoms with E-state index in [1.54, 1.807) is 0 Å². The Bertz CT molecular complexity index is 1220. The van der Waals surface area contributed by atoms with Gasteiger partial charge in [-0.1, -0.05) is 12.1 Å². The number of carboxylic acids is 2. The summed E-state index contributed by atoms with van der Waals surface area (Å²) in [5.41, 5.74) is 4.64. The molecule has 0 saturated carbocycles. The standard InChI is InChI=1S/C20H23N5O6/c21-20-24-16-15(18(29)25-20)12(9-22-16)6-3-10-1-4-11(5-2-10)17(28)23-13(19(30)31)7-8-14(26)27/h1-2,4-5,12-13H,3,6-9H2,(H,23,28)(H,26,27)(H,30,31)(H4,21,22,24,25,29)/t12?,13-/m0/s1/i3D2,6D2. The predicted molar refractivity (Wildman–Crippen MR) is 111 cm³/mol. The minimum Gasteiger partial charge on any atom is -0.481 e. The van der Waals surface area contributed by atoms with Crippen LogP contribution < -0.4 is 21.9 Å². The molecule has 1 aromatic heterocycles. The summed E-state index contributed by atoms with van der Waals surface area (Å²) >= 11 is 0. The van der Waals surface area contributed by atoms with Crippen LogP contribution in [0.3, 0.4) is 0 Å². The van der Waals surface area contributed by atoms with Gasteiger partial charge >= 0.3 is 11.9 Å². The van der Waals surface area contributed by atoms with Crippen molar-refractivity contribution < 1.29 is 30.1 Å². The number of benzene rings is 1. The van der Waals surface area contributed by atoms with Crippen LogP contribution in [0.1, 0.15) is 52.1 Å². The topological polar surface area (TPSA) is 188 Å². The summed E-state index contributed by atoms with van der Waals surface area (Å²) in [7, 11) is 0. The number of nitrogens with two attached hydrogens (primary N) is 1. The summed E-state index contributed by atoms with van der Waals surface area (Å²) < 4.78 is 34.1. The molecule has 0 spiro atoms. The van der Waals surface area contributed by atoms with E-state index in [0.29, 0.717) is 0 Å². The van der Waals surface area contributed by atoms with Gasteiger partial charge in [-0.25, -0.2) is 4.79 Å². The molecule has 164 valence electrons. The molecular weight excluding hydrogens is 406 g/mol. The van der Waals surface area contributed by atoms with Gasteiger partial charge in [-0.15, -0.1) is 0 Å². The molecule has 3 rings (SSSR count). The van der Waals surface area contributed by atoms with E-state index in [2.05, 4.69) is 20.6 Å². The Morgan fingerprint density at radius 3 is 2.65 bits per heavy atom. The summed E-state index contributed by atoms with van der Waals surface area (Å²) in [5, 5.41) is 22.9. The lowest BCUT2D eigenvalue weighted by molar-refractivity contribution is -0.140. The predicted octanol–water partition coefficient (Wildman–Crippen LogP) is 0.542.